The number of piperidine rings is 1. The summed E-state index contributed by atoms with van der Waals surface area (Å²) in [6.45, 7) is 5.34. The van der Waals surface area contributed by atoms with Gasteiger partial charge in [0.15, 0.2) is 0 Å². The summed E-state index contributed by atoms with van der Waals surface area (Å²) in [7, 11) is 0. The summed E-state index contributed by atoms with van der Waals surface area (Å²) in [5.41, 5.74) is 0. The van der Waals surface area contributed by atoms with Gasteiger partial charge in [-0.15, -0.1) is 0 Å². The van der Waals surface area contributed by atoms with Crippen LogP contribution in [0.25, 0.3) is 0 Å². The SMILES string of the molecule is CC(O)CC1CCCCN1C(=O)C1CCOC1C. The van der Waals surface area contributed by atoms with E-state index in [0.717, 1.165) is 32.2 Å². The van der Waals surface area contributed by atoms with E-state index in [1.54, 1.807) is 6.92 Å². The van der Waals surface area contributed by atoms with Crippen LogP contribution in [0.2, 0.25) is 0 Å². The summed E-state index contributed by atoms with van der Waals surface area (Å²) >= 11 is 0. The molecule has 2 aliphatic rings. The smallest absolute Gasteiger partial charge is 0.228 e. The lowest BCUT2D eigenvalue weighted by Crippen LogP contribution is -2.48. The van der Waals surface area contributed by atoms with E-state index in [1.165, 1.54) is 0 Å². The average molecular weight is 255 g/mol. The molecule has 18 heavy (non-hydrogen) atoms. The van der Waals surface area contributed by atoms with Gasteiger partial charge in [0.1, 0.15) is 0 Å². The second-order valence-corrected chi connectivity index (χ2v) is 5.74. The van der Waals surface area contributed by atoms with Crippen LogP contribution in [-0.4, -0.2) is 47.3 Å². The molecule has 4 heteroatoms. The first-order chi connectivity index (χ1) is 8.59. The Labute approximate surface area is 109 Å². The van der Waals surface area contributed by atoms with E-state index in [2.05, 4.69) is 0 Å². The molecule has 1 amide bonds. The summed E-state index contributed by atoms with van der Waals surface area (Å²) in [5, 5.41) is 9.56. The third kappa shape index (κ3) is 3.04. The van der Waals surface area contributed by atoms with Crippen LogP contribution in [0.1, 0.15) is 46.0 Å². The van der Waals surface area contributed by atoms with Gasteiger partial charge in [-0.3, -0.25) is 4.79 Å². The van der Waals surface area contributed by atoms with E-state index in [9.17, 15) is 9.90 Å². The molecule has 2 rings (SSSR count). The zero-order valence-electron chi connectivity index (χ0n) is 11.5. The van der Waals surface area contributed by atoms with Gasteiger partial charge in [-0.2, -0.15) is 0 Å². The van der Waals surface area contributed by atoms with Crippen molar-refractivity contribution in [2.75, 3.05) is 13.2 Å². The van der Waals surface area contributed by atoms with Crippen molar-refractivity contribution in [3.63, 3.8) is 0 Å². The normalized spacial score (nSPS) is 34.6. The number of hydrogen-bond donors (Lipinski definition) is 1. The molecule has 0 saturated carbocycles. The standard InChI is InChI=1S/C14H25NO3/c1-10(16)9-12-5-3-4-7-15(12)14(17)13-6-8-18-11(13)2/h10-13,16H,3-9H2,1-2H3. The largest absolute Gasteiger partial charge is 0.393 e. The molecular formula is C14H25NO3. The monoisotopic (exact) mass is 255 g/mol. The molecule has 0 bridgehead atoms. The molecule has 2 heterocycles. The number of ether oxygens (including phenoxy) is 1. The average Bonchev–Trinajstić information content (AvgIpc) is 2.74. The van der Waals surface area contributed by atoms with Gasteiger partial charge in [0.05, 0.1) is 18.1 Å². The molecule has 2 fully saturated rings. The predicted molar refractivity (Wildman–Crippen MR) is 69.2 cm³/mol. The molecule has 0 spiro atoms. The first-order valence-electron chi connectivity index (χ1n) is 7.19. The van der Waals surface area contributed by atoms with Gasteiger partial charge in [0.25, 0.3) is 0 Å². The van der Waals surface area contributed by atoms with Crippen LogP contribution in [-0.2, 0) is 9.53 Å². The van der Waals surface area contributed by atoms with E-state index >= 15 is 0 Å². The third-order valence-electron chi connectivity index (χ3n) is 4.22. The summed E-state index contributed by atoms with van der Waals surface area (Å²) in [4.78, 5) is 14.6. The topological polar surface area (TPSA) is 49.8 Å². The lowest BCUT2D eigenvalue weighted by atomic mass is 9.93. The minimum absolute atomic E-state index is 0.0274. The number of hydrogen-bond acceptors (Lipinski definition) is 3. The number of amides is 1. The first-order valence-corrected chi connectivity index (χ1v) is 7.19. The summed E-state index contributed by atoms with van der Waals surface area (Å²) in [5.74, 6) is 0.268. The van der Waals surface area contributed by atoms with Crippen LogP contribution >= 0.6 is 0 Å². The molecule has 0 radical (unpaired) electrons. The van der Waals surface area contributed by atoms with Crippen LogP contribution in [0, 0.1) is 5.92 Å². The van der Waals surface area contributed by atoms with Crippen molar-refractivity contribution < 1.29 is 14.6 Å². The number of rotatable bonds is 3. The first kappa shape index (κ1) is 13.8. The highest BCUT2D eigenvalue weighted by Crippen LogP contribution is 2.28. The molecule has 0 aromatic carbocycles. The van der Waals surface area contributed by atoms with Gasteiger partial charge in [-0.25, -0.2) is 0 Å². The molecule has 4 nitrogen and oxygen atoms in total. The van der Waals surface area contributed by atoms with Crippen molar-refractivity contribution in [1.29, 1.82) is 0 Å². The second-order valence-electron chi connectivity index (χ2n) is 5.74. The summed E-state index contributed by atoms with van der Waals surface area (Å²) in [6.07, 6.45) is 4.54. The summed E-state index contributed by atoms with van der Waals surface area (Å²) in [6, 6.07) is 0.221. The molecule has 4 unspecified atom stereocenters. The minimum atomic E-state index is -0.333. The molecule has 0 aromatic heterocycles. The molecule has 4 atom stereocenters. The number of carbonyl (C=O) groups is 1. The molecule has 104 valence electrons. The number of aliphatic hydroxyl groups excluding tert-OH is 1. The number of carbonyl (C=O) groups excluding carboxylic acids is 1. The van der Waals surface area contributed by atoms with Crippen LogP contribution in [0.5, 0.6) is 0 Å². The van der Waals surface area contributed by atoms with Crippen LogP contribution in [0.4, 0.5) is 0 Å². The maximum Gasteiger partial charge on any atom is 0.228 e. The van der Waals surface area contributed by atoms with Gasteiger partial charge < -0.3 is 14.7 Å². The second kappa shape index (κ2) is 6.02. The fourth-order valence-electron chi connectivity index (χ4n) is 3.20. The van der Waals surface area contributed by atoms with Crippen molar-refractivity contribution in [3.05, 3.63) is 0 Å². The van der Waals surface area contributed by atoms with E-state index in [1.807, 2.05) is 11.8 Å². The zero-order valence-corrected chi connectivity index (χ0v) is 11.5. The Kier molecular flexibility index (Phi) is 4.62. The Hall–Kier alpha value is -0.610. The molecular weight excluding hydrogens is 230 g/mol. The van der Waals surface area contributed by atoms with Crippen molar-refractivity contribution in [2.24, 2.45) is 5.92 Å². The van der Waals surface area contributed by atoms with Gasteiger partial charge >= 0.3 is 0 Å². The number of aliphatic hydroxyl groups is 1. The Balaban J connectivity index is 2.01. The van der Waals surface area contributed by atoms with Gasteiger partial charge in [0, 0.05) is 19.2 Å². The van der Waals surface area contributed by atoms with Crippen LogP contribution in [0.3, 0.4) is 0 Å². The highest BCUT2D eigenvalue weighted by Gasteiger charge is 2.37. The maximum absolute atomic E-state index is 12.6. The Morgan fingerprint density at radius 2 is 2.22 bits per heavy atom. The zero-order chi connectivity index (χ0) is 13.1. The molecule has 2 aliphatic heterocycles. The van der Waals surface area contributed by atoms with E-state index in [0.29, 0.717) is 13.0 Å². The lowest BCUT2D eigenvalue weighted by Gasteiger charge is -2.38. The Bertz CT molecular complexity index is 293. The van der Waals surface area contributed by atoms with Gasteiger partial charge in [-0.05, 0) is 46.0 Å². The van der Waals surface area contributed by atoms with Crippen LogP contribution < -0.4 is 0 Å². The van der Waals surface area contributed by atoms with Gasteiger partial charge in [0.2, 0.25) is 5.91 Å². The van der Waals surface area contributed by atoms with E-state index < -0.39 is 0 Å². The fourth-order valence-corrected chi connectivity index (χ4v) is 3.20. The van der Waals surface area contributed by atoms with Crippen LogP contribution in [0.15, 0.2) is 0 Å². The highest BCUT2D eigenvalue weighted by atomic mass is 16.5. The van der Waals surface area contributed by atoms with Crippen molar-refractivity contribution in [1.82, 2.24) is 4.90 Å². The van der Waals surface area contributed by atoms with Gasteiger partial charge in [-0.1, -0.05) is 0 Å². The minimum Gasteiger partial charge on any atom is -0.393 e. The van der Waals surface area contributed by atoms with Crippen molar-refractivity contribution in [2.45, 2.75) is 64.2 Å². The van der Waals surface area contributed by atoms with E-state index in [-0.39, 0.29) is 30.1 Å². The molecule has 0 aromatic rings. The number of likely N-dealkylation sites (tertiary alicyclic amines) is 1. The Morgan fingerprint density at radius 1 is 1.44 bits per heavy atom. The molecule has 2 saturated heterocycles. The highest BCUT2D eigenvalue weighted by molar-refractivity contribution is 5.80. The number of nitrogens with zero attached hydrogens (tertiary/aromatic N) is 1. The molecule has 0 aliphatic carbocycles. The predicted octanol–water partition coefficient (Wildman–Crippen LogP) is 1.56. The van der Waals surface area contributed by atoms with Crippen molar-refractivity contribution in [3.8, 4) is 0 Å². The quantitative estimate of drug-likeness (QED) is 0.832. The van der Waals surface area contributed by atoms with Crippen molar-refractivity contribution >= 4 is 5.91 Å². The third-order valence-corrected chi connectivity index (χ3v) is 4.22. The molecule has 1 N–H and O–H groups in total. The Morgan fingerprint density at radius 3 is 2.83 bits per heavy atom. The summed E-state index contributed by atoms with van der Waals surface area (Å²) < 4.78 is 5.50. The lowest BCUT2D eigenvalue weighted by molar-refractivity contribution is -0.141. The van der Waals surface area contributed by atoms with E-state index in [4.69, 9.17) is 4.74 Å². The maximum atomic E-state index is 12.6. The fraction of sp³-hybridized carbons (Fsp3) is 0.929.